The quantitative estimate of drug-likeness (QED) is 0.590. The highest BCUT2D eigenvalue weighted by Gasteiger charge is 2.15. The Morgan fingerprint density at radius 3 is 2.75 bits per heavy atom. The monoisotopic (exact) mass is 170 g/mol. The lowest BCUT2D eigenvalue weighted by Gasteiger charge is -2.26. The molecule has 1 aliphatic rings. The van der Waals surface area contributed by atoms with Crippen LogP contribution in [0.25, 0.3) is 0 Å². The van der Waals surface area contributed by atoms with Crippen LogP contribution in [0.5, 0.6) is 0 Å². The van der Waals surface area contributed by atoms with E-state index in [9.17, 15) is 4.79 Å². The van der Waals surface area contributed by atoms with Gasteiger partial charge in [-0.15, -0.1) is 0 Å². The lowest BCUT2D eigenvalue weighted by atomic mass is 9.96. The van der Waals surface area contributed by atoms with Crippen molar-refractivity contribution in [3.05, 3.63) is 0 Å². The smallest absolute Gasteiger partial charge is 0.216 e. The summed E-state index contributed by atoms with van der Waals surface area (Å²) in [6, 6.07) is 0. The van der Waals surface area contributed by atoms with Gasteiger partial charge < -0.3 is 10.6 Å². The Bertz CT molecular complexity index is 143. The Hall–Kier alpha value is -0.570. The highest BCUT2D eigenvalue weighted by Crippen LogP contribution is 2.11. The predicted molar refractivity (Wildman–Crippen MR) is 48.9 cm³/mol. The third-order valence-electron chi connectivity index (χ3n) is 2.28. The van der Waals surface area contributed by atoms with Gasteiger partial charge in [0.15, 0.2) is 0 Å². The van der Waals surface area contributed by atoms with E-state index in [1.807, 2.05) is 0 Å². The fraction of sp³-hybridized carbons (Fsp3) is 0.889. The second kappa shape index (κ2) is 5.14. The summed E-state index contributed by atoms with van der Waals surface area (Å²) in [5.41, 5.74) is 0. The molecule has 3 nitrogen and oxygen atoms in total. The number of unbranched alkanes of at least 4 members (excludes halogenated alkanes) is 1. The zero-order valence-corrected chi connectivity index (χ0v) is 7.73. The summed E-state index contributed by atoms with van der Waals surface area (Å²) in [6.45, 7) is 4.80. The first-order chi connectivity index (χ1) is 5.79. The maximum Gasteiger partial charge on any atom is 0.216 e. The predicted octanol–water partition coefficient (Wildman–Crippen LogP) is 0.512. The first-order valence-electron chi connectivity index (χ1n) is 4.74. The van der Waals surface area contributed by atoms with E-state index in [2.05, 4.69) is 10.6 Å². The van der Waals surface area contributed by atoms with Crippen LogP contribution in [0.2, 0.25) is 0 Å². The molecule has 1 aliphatic heterocycles. The largest absolute Gasteiger partial charge is 0.356 e. The van der Waals surface area contributed by atoms with Gasteiger partial charge >= 0.3 is 0 Å². The number of carbonyl (C=O) groups excluding carboxylic acids is 1. The normalized spacial score (nSPS) is 17.1. The van der Waals surface area contributed by atoms with Crippen LogP contribution >= 0.6 is 0 Å². The molecule has 1 amide bonds. The van der Waals surface area contributed by atoms with E-state index in [4.69, 9.17) is 0 Å². The molecule has 0 aliphatic carbocycles. The highest BCUT2D eigenvalue weighted by atomic mass is 16.1. The molecule has 0 atom stereocenters. The number of carbonyl (C=O) groups is 1. The molecule has 2 N–H and O–H groups in total. The molecule has 0 saturated carbocycles. The van der Waals surface area contributed by atoms with Crippen LogP contribution in [-0.2, 0) is 4.79 Å². The summed E-state index contributed by atoms with van der Waals surface area (Å²) >= 11 is 0. The van der Waals surface area contributed by atoms with Gasteiger partial charge in [-0.05, 0) is 31.8 Å². The minimum absolute atomic E-state index is 0.0836. The van der Waals surface area contributed by atoms with Crippen molar-refractivity contribution < 1.29 is 4.79 Å². The fourth-order valence-electron chi connectivity index (χ4n) is 1.38. The molecule has 3 heteroatoms. The second-order valence-corrected chi connectivity index (χ2v) is 3.50. The van der Waals surface area contributed by atoms with Crippen LogP contribution in [0.15, 0.2) is 0 Å². The Labute approximate surface area is 73.9 Å². The van der Waals surface area contributed by atoms with Crippen LogP contribution < -0.4 is 10.6 Å². The third kappa shape index (κ3) is 3.72. The fourth-order valence-corrected chi connectivity index (χ4v) is 1.38. The van der Waals surface area contributed by atoms with Gasteiger partial charge in [0, 0.05) is 13.5 Å². The highest BCUT2D eigenvalue weighted by molar-refractivity contribution is 5.72. The van der Waals surface area contributed by atoms with Crippen molar-refractivity contribution in [2.24, 2.45) is 5.92 Å². The maximum atomic E-state index is 10.5. The molecule has 1 rings (SSSR count). The van der Waals surface area contributed by atoms with Crippen molar-refractivity contribution in [2.45, 2.75) is 26.2 Å². The summed E-state index contributed by atoms with van der Waals surface area (Å²) in [4.78, 5) is 10.5. The van der Waals surface area contributed by atoms with Crippen LogP contribution in [0.4, 0.5) is 0 Å². The van der Waals surface area contributed by atoms with Gasteiger partial charge in [0.2, 0.25) is 5.91 Å². The maximum absolute atomic E-state index is 10.5. The molecule has 0 aromatic heterocycles. The third-order valence-corrected chi connectivity index (χ3v) is 2.28. The molecule has 70 valence electrons. The summed E-state index contributed by atoms with van der Waals surface area (Å²) in [6.07, 6.45) is 3.68. The topological polar surface area (TPSA) is 41.1 Å². The summed E-state index contributed by atoms with van der Waals surface area (Å²) in [5, 5.41) is 6.05. The van der Waals surface area contributed by atoms with Gasteiger partial charge in [0.25, 0.3) is 0 Å². The molecular formula is C9H18N2O. The second-order valence-electron chi connectivity index (χ2n) is 3.50. The lowest BCUT2D eigenvalue weighted by molar-refractivity contribution is -0.118. The van der Waals surface area contributed by atoms with Crippen molar-refractivity contribution >= 4 is 5.91 Å². The minimum Gasteiger partial charge on any atom is -0.356 e. The molecule has 0 spiro atoms. The van der Waals surface area contributed by atoms with Crippen molar-refractivity contribution in [3.63, 3.8) is 0 Å². The molecule has 1 saturated heterocycles. The Morgan fingerprint density at radius 1 is 1.50 bits per heavy atom. The van der Waals surface area contributed by atoms with Gasteiger partial charge in [0.1, 0.15) is 0 Å². The molecule has 0 aromatic carbocycles. The average molecular weight is 170 g/mol. The number of amides is 1. The number of nitrogens with one attached hydrogen (secondary N) is 2. The SMILES string of the molecule is CC(=O)NCCCCC1CNC1. The first kappa shape index (κ1) is 9.52. The lowest BCUT2D eigenvalue weighted by Crippen LogP contribution is -2.41. The first-order valence-corrected chi connectivity index (χ1v) is 4.74. The van der Waals surface area contributed by atoms with E-state index in [0.717, 1.165) is 18.9 Å². The molecule has 0 unspecified atom stereocenters. The van der Waals surface area contributed by atoms with Gasteiger partial charge in [-0.3, -0.25) is 4.79 Å². The zero-order chi connectivity index (χ0) is 8.81. The van der Waals surface area contributed by atoms with Gasteiger partial charge in [-0.25, -0.2) is 0 Å². The Kier molecular flexibility index (Phi) is 4.08. The molecule has 1 heterocycles. The van der Waals surface area contributed by atoms with Crippen LogP contribution in [-0.4, -0.2) is 25.5 Å². The molecular weight excluding hydrogens is 152 g/mol. The van der Waals surface area contributed by atoms with Crippen molar-refractivity contribution in [2.75, 3.05) is 19.6 Å². The van der Waals surface area contributed by atoms with Crippen LogP contribution in [0.1, 0.15) is 26.2 Å². The summed E-state index contributed by atoms with van der Waals surface area (Å²) in [5.74, 6) is 0.989. The zero-order valence-electron chi connectivity index (χ0n) is 7.73. The van der Waals surface area contributed by atoms with Crippen LogP contribution in [0.3, 0.4) is 0 Å². The number of hydrogen-bond donors (Lipinski definition) is 2. The molecule has 0 aromatic rings. The summed E-state index contributed by atoms with van der Waals surface area (Å²) in [7, 11) is 0. The number of hydrogen-bond acceptors (Lipinski definition) is 2. The van der Waals surface area contributed by atoms with E-state index in [1.165, 1.54) is 25.9 Å². The van der Waals surface area contributed by atoms with E-state index in [0.29, 0.717) is 0 Å². The minimum atomic E-state index is 0.0836. The van der Waals surface area contributed by atoms with E-state index < -0.39 is 0 Å². The van der Waals surface area contributed by atoms with Gasteiger partial charge in [-0.1, -0.05) is 6.42 Å². The van der Waals surface area contributed by atoms with E-state index in [-0.39, 0.29) is 5.91 Å². The Balaban J connectivity index is 1.79. The average Bonchev–Trinajstić information content (AvgIpc) is 1.92. The van der Waals surface area contributed by atoms with Crippen molar-refractivity contribution in [1.29, 1.82) is 0 Å². The standard InChI is InChI=1S/C9H18N2O/c1-8(12)11-5-3-2-4-9-6-10-7-9/h9-10H,2-7H2,1H3,(H,11,12). The van der Waals surface area contributed by atoms with Crippen LogP contribution in [0, 0.1) is 5.92 Å². The molecule has 12 heavy (non-hydrogen) atoms. The van der Waals surface area contributed by atoms with Gasteiger partial charge in [-0.2, -0.15) is 0 Å². The molecule has 0 radical (unpaired) electrons. The molecule has 0 bridgehead atoms. The Morgan fingerprint density at radius 2 is 2.25 bits per heavy atom. The van der Waals surface area contributed by atoms with Crippen molar-refractivity contribution in [3.8, 4) is 0 Å². The summed E-state index contributed by atoms with van der Waals surface area (Å²) < 4.78 is 0. The number of rotatable bonds is 5. The van der Waals surface area contributed by atoms with E-state index >= 15 is 0 Å². The molecule has 1 fully saturated rings. The van der Waals surface area contributed by atoms with Gasteiger partial charge in [0.05, 0.1) is 0 Å². The van der Waals surface area contributed by atoms with E-state index in [1.54, 1.807) is 6.92 Å². The van der Waals surface area contributed by atoms with Crippen molar-refractivity contribution in [1.82, 2.24) is 10.6 Å².